The second-order valence-electron chi connectivity index (χ2n) is 9.10. The number of methoxy groups -OCH3 is 1. The van der Waals surface area contributed by atoms with E-state index in [0.717, 1.165) is 61.9 Å². The maximum Gasteiger partial charge on any atom is 0.241 e. The van der Waals surface area contributed by atoms with Crippen LogP contribution in [0.5, 0.6) is 0 Å². The van der Waals surface area contributed by atoms with Gasteiger partial charge in [-0.25, -0.2) is 9.50 Å². The first-order chi connectivity index (χ1) is 15.6. The molecule has 0 spiro atoms. The molecule has 5 rings (SSSR count). The summed E-state index contributed by atoms with van der Waals surface area (Å²) in [6.07, 6.45) is 10.6. The lowest BCUT2D eigenvalue weighted by molar-refractivity contribution is -0.0609. The molecular formula is C23H32N6O3. The molecule has 2 atom stereocenters. The molecule has 1 aliphatic carbocycles. The number of hydrogen-bond acceptors (Lipinski definition) is 7. The van der Waals surface area contributed by atoms with Crippen LogP contribution >= 0.6 is 0 Å². The van der Waals surface area contributed by atoms with Gasteiger partial charge in [-0.3, -0.25) is 4.68 Å². The lowest BCUT2D eigenvalue weighted by atomic mass is 9.85. The normalized spacial score (nSPS) is 24.4. The number of ether oxygens (including phenoxy) is 2. The quantitative estimate of drug-likeness (QED) is 0.556. The monoisotopic (exact) mass is 440 g/mol. The summed E-state index contributed by atoms with van der Waals surface area (Å²) in [5.41, 5.74) is 4.28. The molecule has 9 nitrogen and oxygen atoms in total. The first kappa shape index (κ1) is 21.4. The van der Waals surface area contributed by atoms with E-state index in [1.807, 2.05) is 28.5 Å². The van der Waals surface area contributed by atoms with Crippen LogP contribution in [0.4, 0.5) is 5.95 Å². The molecule has 1 saturated heterocycles. The van der Waals surface area contributed by atoms with E-state index in [9.17, 15) is 5.11 Å². The molecule has 2 aliphatic rings. The van der Waals surface area contributed by atoms with Crippen molar-refractivity contribution in [3.05, 3.63) is 30.4 Å². The minimum absolute atomic E-state index is 0.104. The van der Waals surface area contributed by atoms with Crippen molar-refractivity contribution in [2.45, 2.75) is 69.7 Å². The van der Waals surface area contributed by atoms with Crippen molar-refractivity contribution in [1.29, 1.82) is 0 Å². The molecule has 0 amide bonds. The Labute approximate surface area is 187 Å². The van der Waals surface area contributed by atoms with Gasteiger partial charge in [-0.2, -0.15) is 5.10 Å². The molecule has 0 unspecified atom stereocenters. The molecule has 0 aromatic carbocycles. The molecule has 3 aromatic rings. The van der Waals surface area contributed by atoms with Gasteiger partial charge in [0.15, 0.2) is 0 Å². The van der Waals surface area contributed by atoms with E-state index in [1.54, 1.807) is 7.11 Å². The molecule has 0 radical (unpaired) electrons. The van der Waals surface area contributed by atoms with Crippen molar-refractivity contribution in [1.82, 2.24) is 24.4 Å². The summed E-state index contributed by atoms with van der Waals surface area (Å²) in [6.45, 7) is 4.25. The number of nitrogens with one attached hydrogen (secondary N) is 1. The van der Waals surface area contributed by atoms with Crippen molar-refractivity contribution < 1.29 is 14.6 Å². The molecule has 9 heteroatoms. The molecule has 2 N–H and O–H groups in total. The first-order valence-corrected chi connectivity index (χ1v) is 11.6. The molecule has 4 heterocycles. The Hall–Kier alpha value is -2.49. The molecular weight excluding hydrogens is 408 g/mol. The van der Waals surface area contributed by atoms with Gasteiger partial charge in [0.1, 0.15) is 0 Å². The highest BCUT2D eigenvalue weighted by Crippen LogP contribution is 2.37. The molecule has 2 fully saturated rings. The van der Waals surface area contributed by atoms with Gasteiger partial charge >= 0.3 is 0 Å². The van der Waals surface area contributed by atoms with Crippen LogP contribution in [0.15, 0.2) is 24.7 Å². The fourth-order valence-corrected chi connectivity index (χ4v) is 4.73. The minimum Gasteiger partial charge on any atom is -0.393 e. The Morgan fingerprint density at radius 3 is 2.78 bits per heavy atom. The second-order valence-corrected chi connectivity index (χ2v) is 9.10. The summed E-state index contributed by atoms with van der Waals surface area (Å²) in [5, 5.41) is 22.7. The van der Waals surface area contributed by atoms with Crippen LogP contribution in [0.3, 0.4) is 0 Å². The molecule has 1 saturated carbocycles. The lowest BCUT2D eigenvalue weighted by Crippen LogP contribution is -2.31. The Bertz CT molecular complexity index is 1050. The summed E-state index contributed by atoms with van der Waals surface area (Å²) >= 11 is 0. The van der Waals surface area contributed by atoms with Crippen LogP contribution in [-0.4, -0.2) is 68.1 Å². The average Bonchev–Trinajstić information content (AvgIpc) is 3.36. The van der Waals surface area contributed by atoms with Gasteiger partial charge in [0, 0.05) is 48.7 Å². The van der Waals surface area contributed by atoms with Crippen LogP contribution in [0.1, 0.15) is 50.6 Å². The maximum absolute atomic E-state index is 9.99. The summed E-state index contributed by atoms with van der Waals surface area (Å²) in [4.78, 5) is 4.58. The summed E-state index contributed by atoms with van der Waals surface area (Å²) in [7, 11) is 1.69. The van der Waals surface area contributed by atoms with Crippen LogP contribution < -0.4 is 5.32 Å². The Balaban J connectivity index is 1.49. The van der Waals surface area contributed by atoms with Gasteiger partial charge in [0.05, 0.1) is 43.3 Å². The predicted octanol–water partition coefficient (Wildman–Crippen LogP) is 2.85. The Morgan fingerprint density at radius 1 is 1.25 bits per heavy atom. The summed E-state index contributed by atoms with van der Waals surface area (Å²) < 4.78 is 14.8. The zero-order valence-electron chi connectivity index (χ0n) is 18.8. The van der Waals surface area contributed by atoms with Crippen LogP contribution in [0, 0.1) is 0 Å². The highest BCUT2D eigenvalue weighted by Gasteiger charge is 2.26. The minimum atomic E-state index is -0.189. The van der Waals surface area contributed by atoms with Gasteiger partial charge in [0.2, 0.25) is 5.95 Å². The summed E-state index contributed by atoms with van der Waals surface area (Å²) in [5.74, 6) is 0.941. The van der Waals surface area contributed by atoms with Gasteiger partial charge in [-0.15, -0.1) is 5.10 Å². The molecule has 172 valence electrons. The van der Waals surface area contributed by atoms with Crippen LogP contribution in [0.25, 0.3) is 16.6 Å². The zero-order chi connectivity index (χ0) is 22.1. The number of hydrogen-bond donors (Lipinski definition) is 2. The predicted molar refractivity (Wildman–Crippen MR) is 121 cm³/mol. The van der Waals surface area contributed by atoms with Crippen LogP contribution in [-0.2, 0) is 16.0 Å². The number of anilines is 1. The number of fused-ring (bicyclic) bond motifs is 1. The fourth-order valence-electron chi connectivity index (χ4n) is 4.73. The fraction of sp³-hybridized carbons (Fsp3) is 0.609. The van der Waals surface area contributed by atoms with Crippen molar-refractivity contribution in [2.75, 3.05) is 25.6 Å². The Morgan fingerprint density at radius 2 is 2.06 bits per heavy atom. The van der Waals surface area contributed by atoms with Gasteiger partial charge in [0.25, 0.3) is 0 Å². The molecule has 1 aliphatic heterocycles. The second kappa shape index (κ2) is 9.17. The van der Waals surface area contributed by atoms with E-state index in [4.69, 9.17) is 14.6 Å². The highest BCUT2D eigenvalue weighted by molar-refractivity contribution is 5.81. The number of rotatable bonds is 8. The summed E-state index contributed by atoms with van der Waals surface area (Å²) in [6, 6.07) is 2.34. The number of aromatic nitrogens is 5. The van der Waals surface area contributed by atoms with Crippen molar-refractivity contribution in [3.63, 3.8) is 0 Å². The van der Waals surface area contributed by atoms with Crippen molar-refractivity contribution in [2.24, 2.45) is 0 Å². The van der Waals surface area contributed by atoms with Gasteiger partial charge in [-0.1, -0.05) is 0 Å². The highest BCUT2D eigenvalue weighted by atomic mass is 16.5. The van der Waals surface area contributed by atoms with E-state index in [2.05, 4.69) is 27.7 Å². The van der Waals surface area contributed by atoms with Gasteiger partial charge in [-0.05, 0) is 45.1 Å². The third-order valence-corrected chi connectivity index (χ3v) is 6.58. The average molecular weight is 441 g/mol. The standard InChI is InChI=1S/C23H32N6O3/c1-15(14-31-2)26-23-24-11-22-20(17-10-25-28(12-17)13-19-7-8-32-19)9-21(29(22)27-23)16-3-5-18(30)6-4-16/h9-12,15-16,18-19,30H,3-8,13-14H2,1-2H3,(H,26,27)/t15-,16?,18?,19-/m0/s1. The van der Waals surface area contributed by atoms with E-state index < -0.39 is 0 Å². The molecule has 32 heavy (non-hydrogen) atoms. The van der Waals surface area contributed by atoms with Crippen molar-refractivity contribution >= 4 is 11.5 Å². The zero-order valence-corrected chi connectivity index (χ0v) is 18.8. The first-order valence-electron chi connectivity index (χ1n) is 11.6. The van der Waals surface area contributed by atoms with Crippen LogP contribution in [0.2, 0.25) is 0 Å². The SMILES string of the molecule is COC[C@H](C)Nc1ncc2c(-c3cnn(C[C@@H]4CCO4)c3)cc(C3CCC(O)CC3)n2n1. The van der Waals surface area contributed by atoms with E-state index >= 15 is 0 Å². The number of aliphatic hydroxyl groups is 1. The smallest absolute Gasteiger partial charge is 0.241 e. The number of aliphatic hydroxyl groups excluding tert-OH is 1. The third kappa shape index (κ3) is 4.37. The largest absolute Gasteiger partial charge is 0.393 e. The van der Waals surface area contributed by atoms with E-state index in [-0.39, 0.29) is 18.2 Å². The van der Waals surface area contributed by atoms with Gasteiger partial charge < -0.3 is 19.9 Å². The topological polar surface area (TPSA) is 98.7 Å². The van der Waals surface area contributed by atoms with Crippen molar-refractivity contribution in [3.8, 4) is 11.1 Å². The van der Waals surface area contributed by atoms with E-state index in [0.29, 0.717) is 18.5 Å². The molecule has 3 aromatic heterocycles. The maximum atomic E-state index is 9.99. The number of nitrogens with zero attached hydrogens (tertiary/aromatic N) is 5. The molecule has 0 bridgehead atoms. The Kier molecular flexibility index (Phi) is 6.12. The van der Waals surface area contributed by atoms with E-state index in [1.165, 1.54) is 5.69 Å². The third-order valence-electron chi connectivity index (χ3n) is 6.58. The lowest BCUT2D eigenvalue weighted by Gasteiger charge is -2.25.